The highest BCUT2D eigenvalue weighted by atomic mass is 19.4. The number of rotatable bonds is 5. The van der Waals surface area contributed by atoms with E-state index in [1.807, 2.05) is 0 Å². The quantitative estimate of drug-likeness (QED) is 0.907. The van der Waals surface area contributed by atoms with Crippen molar-refractivity contribution >= 4 is 11.6 Å². The third-order valence-corrected chi connectivity index (χ3v) is 2.88. The predicted octanol–water partition coefficient (Wildman–Crippen LogP) is 3.89. The first kappa shape index (κ1) is 16.7. The molecule has 2 rings (SSSR count). The molecule has 0 saturated carbocycles. The minimum Gasteiger partial charge on any atom is -0.497 e. The number of halogens is 3. The molecule has 0 unspecified atom stereocenters. The van der Waals surface area contributed by atoms with Gasteiger partial charge in [-0.2, -0.15) is 13.2 Å². The van der Waals surface area contributed by atoms with Gasteiger partial charge in [-0.05, 0) is 36.4 Å². The first-order chi connectivity index (χ1) is 10.9. The topological polar surface area (TPSA) is 47.6 Å². The SMILES string of the molecule is COc1ccc(C(=O)Nc2ccccc2OCC(F)(F)F)cc1. The Labute approximate surface area is 130 Å². The zero-order valence-corrected chi connectivity index (χ0v) is 12.2. The van der Waals surface area contributed by atoms with E-state index in [0.29, 0.717) is 11.3 Å². The summed E-state index contributed by atoms with van der Waals surface area (Å²) < 4.78 is 46.5. The Hall–Kier alpha value is -2.70. The second-order valence-electron chi connectivity index (χ2n) is 4.58. The van der Waals surface area contributed by atoms with Crippen molar-refractivity contribution in [1.29, 1.82) is 0 Å². The summed E-state index contributed by atoms with van der Waals surface area (Å²) in [5.41, 5.74) is 0.508. The summed E-state index contributed by atoms with van der Waals surface area (Å²) in [6.07, 6.45) is -4.45. The van der Waals surface area contributed by atoms with Crippen molar-refractivity contribution in [3.05, 3.63) is 54.1 Å². The summed E-state index contributed by atoms with van der Waals surface area (Å²) >= 11 is 0. The number of hydrogen-bond donors (Lipinski definition) is 1. The highest BCUT2D eigenvalue weighted by Crippen LogP contribution is 2.27. The van der Waals surface area contributed by atoms with Gasteiger partial charge in [0, 0.05) is 5.56 Å². The third kappa shape index (κ3) is 4.91. The largest absolute Gasteiger partial charge is 0.497 e. The van der Waals surface area contributed by atoms with Gasteiger partial charge in [0.25, 0.3) is 5.91 Å². The second kappa shape index (κ2) is 7.04. The molecule has 2 aromatic carbocycles. The normalized spacial score (nSPS) is 11.0. The lowest BCUT2D eigenvalue weighted by atomic mass is 10.2. The van der Waals surface area contributed by atoms with Gasteiger partial charge in [0.15, 0.2) is 6.61 Å². The minimum absolute atomic E-state index is 0.0494. The first-order valence-corrected chi connectivity index (χ1v) is 6.63. The van der Waals surface area contributed by atoms with E-state index in [9.17, 15) is 18.0 Å². The van der Waals surface area contributed by atoms with Crippen LogP contribution in [0.15, 0.2) is 48.5 Å². The van der Waals surface area contributed by atoms with Crippen molar-refractivity contribution in [3.63, 3.8) is 0 Å². The standard InChI is InChI=1S/C16H14F3NO3/c1-22-12-8-6-11(7-9-12)15(21)20-13-4-2-3-5-14(13)23-10-16(17,18)19/h2-9H,10H2,1H3,(H,20,21). The molecule has 23 heavy (non-hydrogen) atoms. The Morgan fingerprint density at radius 1 is 1.09 bits per heavy atom. The average Bonchev–Trinajstić information content (AvgIpc) is 2.53. The van der Waals surface area contributed by atoms with E-state index >= 15 is 0 Å². The van der Waals surface area contributed by atoms with Crippen LogP contribution in [0.4, 0.5) is 18.9 Å². The molecule has 0 spiro atoms. The van der Waals surface area contributed by atoms with Crippen molar-refractivity contribution in [2.45, 2.75) is 6.18 Å². The predicted molar refractivity (Wildman–Crippen MR) is 78.9 cm³/mol. The molecule has 0 saturated heterocycles. The monoisotopic (exact) mass is 325 g/mol. The number of alkyl halides is 3. The third-order valence-electron chi connectivity index (χ3n) is 2.88. The van der Waals surface area contributed by atoms with E-state index in [-0.39, 0.29) is 11.4 Å². The molecule has 2 aromatic rings. The number of methoxy groups -OCH3 is 1. The highest BCUT2D eigenvalue weighted by Gasteiger charge is 2.28. The van der Waals surface area contributed by atoms with Gasteiger partial charge in [-0.1, -0.05) is 12.1 Å². The Bertz CT molecular complexity index is 669. The number of nitrogens with one attached hydrogen (secondary N) is 1. The van der Waals surface area contributed by atoms with Gasteiger partial charge in [-0.15, -0.1) is 0 Å². The number of carbonyl (C=O) groups excluding carboxylic acids is 1. The van der Waals surface area contributed by atoms with Crippen molar-refractivity contribution in [2.75, 3.05) is 19.0 Å². The maximum Gasteiger partial charge on any atom is 0.422 e. The van der Waals surface area contributed by atoms with Crippen molar-refractivity contribution < 1.29 is 27.4 Å². The van der Waals surface area contributed by atoms with Gasteiger partial charge < -0.3 is 14.8 Å². The van der Waals surface area contributed by atoms with Crippen LogP contribution in [0, 0.1) is 0 Å². The van der Waals surface area contributed by atoms with Crippen LogP contribution in [-0.2, 0) is 0 Å². The maximum atomic E-state index is 12.2. The Morgan fingerprint density at radius 2 is 1.74 bits per heavy atom. The lowest BCUT2D eigenvalue weighted by Gasteiger charge is -2.13. The van der Waals surface area contributed by atoms with E-state index in [4.69, 9.17) is 9.47 Å². The van der Waals surface area contributed by atoms with Crippen LogP contribution in [-0.4, -0.2) is 25.8 Å². The van der Waals surface area contributed by atoms with Crippen LogP contribution in [0.3, 0.4) is 0 Å². The molecule has 0 bridgehead atoms. The van der Waals surface area contributed by atoms with Crippen LogP contribution in [0.1, 0.15) is 10.4 Å². The number of anilines is 1. The number of carbonyl (C=O) groups is 1. The van der Waals surface area contributed by atoms with Gasteiger partial charge in [0.05, 0.1) is 12.8 Å². The van der Waals surface area contributed by atoms with Gasteiger partial charge in [0.2, 0.25) is 0 Å². The smallest absolute Gasteiger partial charge is 0.422 e. The first-order valence-electron chi connectivity index (χ1n) is 6.63. The van der Waals surface area contributed by atoms with Crippen LogP contribution in [0.5, 0.6) is 11.5 Å². The van der Waals surface area contributed by atoms with Crippen LogP contribution < -0.4 is 14.8 Å². The van der Waals surface area contributed by atoms with Crippen molar-refractivity contribution in [1.82, 2.24) is 0 Å². The fourth-order valence-corrected chi connectivity index (χ4v) is 1.79. The lowest BCUT2D eigenvalue weighted by molar-refractivity contribution is -0.153. The van der Waals surface area contributed by atoms with E-state index in [2.05, 4.69) is 5.32 Å². The summed E-state index contributed by atoms with van der Waals surface area (Å²) in [4.78, 5) is 12.1. The van der Waals surface area contributed by atoms with Gasteiger partial charge in [-0.25, -0.2) is 0 Å². The molecule has 7 heteroatoms. The molecule has 0 atom stereocenters. The van der Waals surface area contributed by atoms with Gasteiger partial charge >= 0.3 is 6.18 Å². The molecular weight excluding hydrogens is 311 g/mol. The van der Waals surface area contributed by atoms with Crippen molar-refractivity contribution in [2.24, 2.45) is 0 Å². The van der Waals surface area contributed by atoms with Crippen LogP contribution >= 0.6 is 0 Å². The number of hydrogen-bond acceptors (Lipinski definition) is 3. The van der Waals surface area contributed by atoms with Crippen LogP contribution in [0.2, 0.25) is 0 Å². The van der Waals surface area contributed by atoms with Crippen molar-refractivity contribution in [3.8, 4) is 11.5 Å². The molecule has 0 aliphatic rings. The number of amides is 1. The summed E-state index contributed by atoms with van der Waals surface area (Å²) in [6.45, 7) is -1.43. The molecule has 0 fully saturated rings. The molecule has 1 amide bonds. The molecule has 122 valence electrons. The molecule has 4 nitrogen and oxygen atoms in total. The Balaban J connectivity index is 2.11. The summed E-state index contributed by atoms with van der Waals surface area (Å²) in [6, 6.07) is 12.3. The summed E-state index contributed by atoms with van der Waals surface area (Å²) in [5.74, 6) is 0.0814. The van der Waals surface area contributed by atoms with E-state index in [1.165, 1.54) is 25.3 Å². The second-order valence-corrected chi connectivity index (χ2v) is 4.58. The number of para-hydroxylation sites is 2. The van der Waals surface area contributed by atoms with E-state index < -0.39 is 18.7 Å². The Kier molecular flexibility index (Phi) is 5.10. The molecule has 0 radical (unpaired) electrons. The zero-order valence-electron chi connectivity index (χ0n) is 12.2. The summed E-state index contributed by atoms with van der Waals surface area (Å²) in [7, 11) is 1.50. The van der Waals surface area contributed by atoms with E-state index in [1.54, 1.807) is 30.3 Å². The fourth-order valence-electron chi connectivity index (χ4n) is 1.79. The van der Waals surface area contributed by atoms with E-state index in [0.717, 1.165) is 0 Å². The van der Waals surface area contributed by atoms with Gasteiger partial charge in [0.1, 0.15) is 11.5 Å². The van der Waals surface area contributed by atoms with Gasteiger partial charge in [-0.3, -0.25) is 4.79 Å². The molecule has 0 aliphatic carbocycles. The molecular formula is C16H14F3NO3. The number of benzene rings is 2. The fraction of sp³-hybridized carbons (Fsp3) is 0.188. The highest BCUT2D eigenvalue weighted by molar-refractivity contribution is 6.05. The molecule has 1 N–H and O–H groups in total. The molecule has 0 aromatic heterocycles. The lowest BCUT2D eigenvalue weighted by Crippen LogP contribution is -2.20. The molecule has 0 aliphatic heterocycles. The Morgan fingerprint density at radius 3 is 2.35 bits per heavy atom. The number of ether oxygens (including phenoxy) is 2. The zero-order chi connectivity index (χ0) is 16.9. The maximum absolute atomic E-state index is 12.2. The average molecular weight is 325 g/mol. The van der Waals surface area contributed by atoms with Crippen LogP contribution in [0.25, 0.3) is 0 Å². The molecule has 0 heterocycles. The minimum atomic E-state index is -4.45. The summed E-state index contributed by atoms with van der Waals surface area (Å²) in [5, 5.41) is 2.53.